The molecule has 0 bridgehead atoms. The van der Waals surface area contributed by atoms with Gasteiger partial charge in [0, 0.05) is 6.07 Å². The molecule has 0 N–H and O–H groups in total. The number of sulfonamides is 1. The summed E-state index contributed by atoms with van der Waals surface area (Å²) >= 11 is 5.43. The Bertz CT molecular complexity index is 559. The molecular weight excluding hydrogens is 290 g/mol. The molecule has 1 rings (SSSR count). The van der Waals surface area contributed by atoms with Crippen LogP contribution in [0.3, 0.4) is 0 Å². The van der Waals surface area contributed by atoms with Gasteiger partial charge in [0.2, 0.25) is 15.3 Å². The van der Waals surface area contributed by atoms with Crippen LogP contribution in [0.4, 0.5) is 5.69 Å². The van der Waals surface area contributed by atoms with Crippen LogP contribution in [0.5, 0.6) is 5.75 Å². The topological polar surface area (TPSA) is 63.7 Å². The van der Waals surface area contributed by atoms with Crippen LogP contribution >= 0.6 is 11.6 Å². The molecule has 1 atom stereocenters. The summed E-state index contributed by atoms with van der Waals surface area (Å²) in [6.45, 7) is 2.95. The smallest absolute Gasteiger partial charge is 0.245 e. The lowest BCUT2D eigenvalue weighted by Gasteiger charge is -2.28. The monoisotopic (exact) mass is 305 g/mol. The van der Waals surface area contributed by atoms with Gasteiger partial charge in [-0.25, -0.2) is 8.42 Å². The molecule has 0 amide bonds. The Balaban J connectivity index is 3.35. The number of hydrogen-bond acceptors (Lipinski definition) is 4. The van der Waals surface area contributed by atoms with Crippen molar-refractivity contribution in [3.05, 3.63) is 24.3 Å². The highest BCUT2D eigenvalue weighted by molar-refractivity contribution is 7.92. The molecule has 0 saturated carbocycles. The van der Waals surface area contributed by atoms with Crippen molar-refractivity contribution >= 4 is 32.6 Å². The fraction of sp³-hybridized carbons (Fsp3) is 0.417. The first-order valence-corrected chi connectivity index (χ1v) is 7.67. The Morgan fingerprint density at radius 3 is 2.58 bits per heavy atom. The predicted octanol–water partition coefficient (Wildman–Crippen LogP) is 2.01. The maximum absolute atomic E-state index is 12.1. The number of nitrogens with zero attached hydrogens (tertiary/aromatic N) is 1. The van der Waals surface area contributed by atoms with E-state index in [2.05, 4.69) is 0 Å². The molecule has 5 nitrogen and oxygen atoms in total. The molecule has 7 heteroatoms. The summed E-state index contributed by atoms with van der Waals surface area (Å²) < 4.78 is 30.3. The summed E-state index contributed by atoms with van der Waals surface area (Å²) in [5, 5.41) is -0.736. The molecule has 0 fully saturated rings. The molecule has 1 aromatic carbocycles. The molecule has 1 unspecified atom stereocenters. The van der Waals surface area contributed by atoms with Gasteiger partial charge in [-0.3, -0.25) is 9.10 Å². The van der Waals surface area contributed by atoms with Gasteiger partial charge in [-0.1, -0.05) is 6.07 Å². The molecule has 0 saturated heterocycles. The first kappa shape index (κ1) is 15.8. The van der Waals surface area contributed by atoms with Crippen LogP contribution in [-0.4, -0.2) is 32.6 Å². The van der Waals surface area contributed by atoms with E-state index in [0.717, 1.165) is 4.31 Å². The lowest BCUT2D eigenvalue weighted by atomic mass is 10.2. The van der Waals surface area contributed by atoms with Crippen LogP contribution in [0.2, 0.25) is 0 Å². The Morgan fingerprint density at radius 2 is 2.11 bits per heavy atom. The van der Waals surface area contributed by atoms with Crippen molar-refractivity contribution in [1.29, 1.82) is 0 Å². The van der Waals surface area contributed by atoms with Crippen LogP contribution in [0, 0.1) is 0 Å². The zero-order valence-electron chi connectivity index (χ0n) is 11.0. The van der Waals surface area contributed by atoms with E-state index < -0.39 is 21.3 Å². The lowest BCUT2D eigenvalue weighted by Crippen LogP contribution is -2.42. The van der Waals surface area contributed by atoms with Crippen LogP contribution < -0.4 is 9.04 Å². The van der Waals surface area contributed by atoms with Gasteiger partial charge in [-0.2, -0.15) is 0 Å². The third kappa shape index (κ3) is 3.61. The number of carbonyl (C=O) groups excluding carboxylic acids is 1. The zero-order valence-corrected chi connectivity index (χ0v) is 12.5. The number of ether oxygens (including phenoxy) is 1. The highest BCUT2D eigenvalue weighted by Gasteiger charge is 2.30. The maximum atomic E-state index is 12.1. The normalized spacial score (nSPS) is 12.8. The molecule has 106 valence electrons. The minimum atomic E-state index is -3.61. The maximum Gasteiger partial charge on any atom is 0.245 e. The third-order valence-corrected chi connectivity index (χ3v) is 4.82. The number of halogens is 1. The summed E-state index contributed by atoms with van der Waals surface area (Å²) in [6.07, 6.45) is 0. The molecular formula is C12H16ClNO4S. The highest BCUT2D eigenvalue weighted by atomic mass is 35.5. The summed E-state index contributed by atoms with van der Waals surface area (Å²) in [4.78, 5) is 11.3. The van der Waals surface area contributed by atoms with Crippen LogP contribution in [-0.2, 0) is 14.8 Å². The van der Waals surface area contributed by atoms with Gasteiger partial charge in [0.1, 0.15) is 11.8 Å². The first-order valence-electron chi connectivity index (χ1n) is 5.69. The second-order valence-corrected chi connectivity index (χ2v) is 6.39. The summed E-state index contributed by atoms with van der Waals surface area (Å²) in [7, 11) is -2.13. The minimum absolute atomic E-state index is 0.126. The molecule has 0 aliphatic rings. The Kier molecular flexibility index (Phi) is 5.20. The van der Waals surface area contributed by atoms with Gasteiger partial charge in [0.15, 0.2) is 0 Å². The van der Waals surface area contributed by atoms with Gasteiger partial charge in [0.25, 0.3) is 0 Å². The van der Waals surface area contributed by atoms with E-state index in [-0.39, 0.29) is 5.75 Å². The van der Waals surface area contributed by atoms with E-state index >= 15 is 0 Å². The van der Waals surface area contributed by atoms with Crippen LogP contribution in [0.15, 0.2) is 24.3 Å². The van der Waals surface area contributed by atoms with Crippen molar-refractivity contribution in [3.8, 4) is 5.75 Å². The molecule has 0 aliphatic heterocycles. The standard InChI is InChI=1S/C12H16ClNO4S/c1-4-19(16,17)14(9(2)12(13)15)10-6-5-7-11(8-10)18-3/h5-9H,4H2,1-3H3. The van der Waals surface area contributed by atoms with Crippen molar-refractivity contribution in [1.82, 2.24) is 0 Å². The molecule has 0 aromatic heterocycles. The van der Waals surface area contributed by atoms with E-state index in [9.17, 15) is 13.2 Å². The number of carbonyl (C=O) groups is 1. The van der Waals surface area contributed by atoms with E-state index in [4.69, 9.17) is 16.3 Å². The molecule has 0 spiro atoms. The fourth-order valence-electron chi connectivity index (χ4n) is 1.60. The van der Waals surface area contributed by atoms with Crippen molar-refractivity contribution in [2.75, 3.05) is 17.2 Å². The molecule has 0 aliphatic carbocycles. The number of methoxy groups -OCH3 is 1. The molecule has 0 heterocycles. The number of hydrogen-bond donors (Lipinski definition) is 0. The van der Waals surface area contributed by atoms with Crippen molar-refractivity contribution in [2.24, 2.45) is 0 Å². The second-order valence-electron chi connectivity index (χ2n) is 3.88. The van der Waals surface area contributed by atoms with Gasteiger partial charge >= 0.3 is 0 Å². The average Bonchev–Trinajstić information content (AvgIpc) is 2.38. The summed E-state index contributed by atoms with van der Waals surface area (Å²) in [6, 6.07) is 5.50. The SMILES string of the molecule is CCS(=O)(=O)N(c1cccc(OC)c1)C(C)C(=O)Cl. The molecule has 0 radical (unpaired) electrons. The highest BCUT2D eigenvalue weighted by Crippen LogP contribution is 2.26. The lowest BCUT2D eigenvalue weighted by molar-refractivity contribution is -0.112. The quantitative estimate of drug-likeness (QED) is 0.754. The fourth-order valence-corrected chi connectivity index (χ4v) is 3.05. The Hall–Kier alpha value is -1.27. The first-order chi connectivity index (χ1) is 8.83. The summed E-state index contributed by atoms with van der Waals surface area (Å²) in [5.41, 5.74) is 0.350. The number of anilines is 1. The number of rotatable bonds is 6. The average molecular weight is 306 g/mol. The van der Waals surface area contributed by atoms with E-state index in [0.29, 0.717) is 11.4 Å². The van der Waals surface area contributed by atoms with Gasteiger partial charge in [0.05, 0.1) is 18.6 Å². The van der Waals surface area contributed by atoms with Crippen LogP contribution in [0.1, 0.15) is 13.8 Å². The van der Waals surface area contributed by atoms with Crippen molar-refractivity contribution < 1.29 is 17.9 Å². The Morgan fingerprint density at radius 1 is 1.47 bits per heavy atom. The molecule has 1 aromatic rings. The number of benzene rings is 1. The predicted molar refractivity (Wildman–Crippen MR) is 75.3 cm³/mol. The van der Waals surface area contributed by atoms with E-state index in [1.807, 2.05) is 0 Å². The summed E-state index contributed by atoms with van der Waals surface area (Å²) in [5.74, 6) is 0.377. The minimum Gasteiger partial charge on any atom is -0.497 e. The van der Waals surface area contributed by atoms with Gasteiger partial charge in [-0.05, 0) is 37.6 Å². The Labute approximate surface area is 118 Å². The zero-order chi connectivity index (χ0) is 14.6. The van der Waals surface area contributed by atoms with E-state index in [1.165, 1.54) is 21.0 Å². The van der Waals surface area contributed by atoms with E-state index in [1.54, 1.807) is 24.3 Å². The third-order valence-electron chi connectivity index (χ3n) is 2.65. The molecule has 19 heavy (non-hydrogen) atoms. The van der Waals surface area contributed by atoms with Gasteiger partial charge in [-0.15, -0.1) is 0 Å². The van der Waals surface area contributed by atoms with Crippen molar-refractivity contribution in [2.45, 2.75) is 19.9 Å². The van der Waals surface area contributed by atoms with Gasteiger partial charge < -0.3 is 4.74 Å². The van der Waals surface area contributed by atoms with Crippen molar-refractivity contribution in [3.63, 3.8) is 0 Å². The largest absolute Gasteiger partial charge is 0.497 e. The second kappa shape index (κ2) is 6.25. The van der Waals surface area contributed by atoms with Crippen LogP contribution in [0.25, 0.3) is 0 Å².